The van der Waals surface area contributed by atoms with Crippen LogP contribution in [0.1, 0.15) is 17.8 Å². The quantitative estimate of drug-likeness (QED) is 0.517. The molecule has 0 bridgehead atoms. The molecule has 0 spiro atoms. The van der Waals surface area contributed by atoms with Crippen molar-refractivity contribution in [2.24, 2.45) is 0 Å². The number of aromatic nitrogens is 3. The first-order valence-electron chi connectivity index (χ1n) is 9.45. The molecule has 2 N–H and O–H groups in total. The van der Waals surface area contributed by atoms with Crippen LogP contribution in [0.2, 0.25) is 0 Å². The van der Waals surface area contributed by atoms with Gasteiger partial charge < -0.3 is 19.6 Å². The Balaban J connectivity index is 1.34. The number of likely N-dealkylation sites (N-methyl/N-ethyl adjacent to an activating group) is 1. The number of benzene rings is 2. The summed E-state index contributed by atoms with van der Waals surface area (Å²) in [6, 6.07) is 13.9. The molecule has 1 amide bonds. The monoisotopic (exact) mass is 376 g/mol. The second kappa shape index (κ2) is 7.76. The number of fused-ring (bicyclic) bond motifs is 2. The number of aryl methyl sites for hydroxylation is 1. The number of carbonyl (C=O) groups excluding carboxylic acids is 1. The van der Waals surface area contributed by atoms with Crippen LogP contribution in [0.15, 0.2) is 48.7 Å². The number of nitrogens with zero attached hydrogens (tertiary/aromatic N) is 2. The van der Waals surface area contributed by atoms with Crippen LogP contribution in [0.3, 0.4) is 0 Å². The number of H-pyrrole nitrogens is 2. The molecule has 0 aliphatic carbocycles. The van der Waals surface area contributed by atoms with Crippen LogP contribution in [0.4, 0.5) is 0 Å². The van der Waals surface area contributed by atoms with Gasteiger partial charge in [-0.1, -0.05) is 12.1 Å². The second-order valence-corrected chi connectivity index (χ2v) is 7.02. The average Bonchev–Trinajstić information content (AvgIpc) is 3.31. The van der Waals surface area contributed by atoms with Crippen LogP contribution in [-0.2, 0) is 17.6 Å². The number of hydrogen-bond donors (Lipinski definition) is 2. The maximum atomic E-state index is 12.6. The number of imidazole rings is 1. The third kappa shape index (κ3) is 3.71. The molecule has 0 fully saturated rings. The summed E-state index contributed by atoms with van der Waals surface area (Å²) in [5, 5.41) is 1.03. The van der Waals surface area contributed by atoms with Crippen molar-refractivity contribution in [1.29, 1.82) is 0 Å². The Hall–Kier alpha value is -3.28. The zero-order valence-corrected chi connectivity index (χ0v) is 16.2. The highest BCUT2D eigenvalue weighted by atomic mass is 16.5. The van der Waals surface area contributed by atoms with Gasteiger partial charge in [0.25, 0.3) is 0 Å². The largest absolute Gasteiger partial charge is 0.497 e. The Bertz CT molecular complexity index is 1080. The Morgan fingerprint density at radius 2 is 2.04 bits per heavy atom. The highest BCUT2D eigenvalue weighted by molar-refractivity contribution is 5.89. The van der Waals surface area contributed by atoms with Crippen LogP contribution in [-0.4, -0.2) is 46.5 Å². The molecule has 0 saturated carbocycles. The molecule has 4 rings (SSSR count). The minimum Gasteiger partial charge on any atom is -0.497 e. The fourth-order valence-corrected chi connectivity index (χ4v) is 3.46. The Labute approximate surface area is 163 Å². The summed E-state index contributed by atoms with van der Waals surface area (Å²) in [6.45, 7) is 0.696. The van der Waals surface area contributed by atoms with E-state index in [-0.39, 0.29) is 5.91 Å². The number of ether oxygens (including phenoxy) is 1. The fourth-order valence-electron chi connectivity index (χ4n) is 3.46. The van der Waals surface area contributed by atoms with Gasteiger partial charge in [-0.3, -0.25) is 4.79 Å². The van der Waals surface area contributed by atoms with Gasteiger partial charge in [0.2, 0.25) is 5.91 Å². The highest BCUT2D eigenvalue weighted by Gasteiger charge is 2.13. The van der Waals surface area contributed by atoms with Crippen molar-refractivity contribution in [3.63, 3.8) is 0 Å². The average molecular weight is 376 g/mol. The van der Waals surface area contributed by atoms with Crippen molar-refractivity contribution in [3.05, 3.63) is 60.0 Å². The first kappa shape index (κ1) is 18.1. The lowest BCUT2D eigenvalue weighted by atomic mass is 10.1. The lowest BCUT2D eigenvalue weighted by Crippen LogP contribution is -2.29. The zero-order chi connectivity index (χ0) is 19.5. The molecule has 6 nitrogen and oxygen atoms in total. The van der Waals surface area contributed by atoms with Gasteiger partial charge >= 0.3 is 0 Å². The molecule has 0 aliphatic heterocycles. The molecule has 0 radical (unpaired) electrons. The Morgan fingerprint density at radius 1 is 1.18 bits per heavy atom. The van der Waals surface area contributed by atoms with Crippen molar-refractivity contribution in [2.45, 2.75) is 19.3 Å². The number of methoxy groups -OCH3 is 1. The van der Waals surface area contributed by atoms with E-state index >= 15 is 0 Å². The van der Waals surface area contributed by atoms with Crippen molar-refractivity contribution in [2.75, 3.05) is 20.7 Å². The smallest absolute Gasteiger partial charge is 0.226 e. The number of carbonyl (C=O) groups is 1. The van der Waals surface area contributed by atoms with Gasteiger partial charge in [-0.25, -0.2) is 4.98 Å². The van der Waals surface area contributed by atoms with E-state index < -0.39 is 0 Å². The van der Waals surface area contributed by atoms with Crippen molar-refractivity contribution >= 4 is 27.8 Å². The van der Waals surface area contributed by atoms with Crippen LogP contribution in [0.5, 0.6) is 5.75 Å². The molecule has 6 heteroatoms. The van der Waals surface area contributed by atoms with Gasteiger partial charge in [0.05, 0.1) is 24.6 Å². The molecule has 144 valence electrons. The van der Waals surface area contributed by atoms with Gasteiger partial charge in [-0.05, 0) is 42.3 Å². The molecule has 0 atom stereocenters. The van der Waals surface area contributed by atoms with Gasteiger partial charge in [-0.2, -0.15) is 0 Å². The minimum absolute atomic E-state index is 0.105. The van der Waals surface area contributed by atoms with Gasteiger partial charge in [0.1, 0.15) is 11.6 Å². The standard InChI is InChI=1S/C22H24N4O2/c1-26(11-5-8-21-24-19-6-3-4-7-20(19)25-21)22(27)12-15-14-23-18-10-9-16(28-2)13-17(15)18/h3-4,6-7,9-10,13-14,23H,5,8,11-12H2,1-2H3,(H,24,25). The van der Waals surface area contributed by atoms with E-state index in [4.69, 9.17) is 4.74 Å². The Kier molecular flexibility index (Phi) is 5.02. The predicted octanol–water partition coefficient (Wildman–Crippen LogP) is 3.69. The van der Waals surface area contributed by atoms with E-state index in [0.29, 0.717) is 13.0 Å². The van der Waals surface area contributed by atoms with Crippen molar-refractivity contribution < 1.29 is 9.53 Å². The summed E-state index contributed by atoms with van der Waals surface area (Å²) in [6.07, 6.45) is 3.96. The summed E-state index contributed by atoms with van der Waals surface area (Å²) in [5.74, 6) is 1.86. The lowest BCUT2D eigenvalue weighted by Gasteiger charge is -2.16. The van der Waals surface area contributed by atoms with Crippen LogP contribution in [0, 0.1) is 0 Å². The molecule has 0 unspecified atom stereocenters. The van der Waals surface area contributed by atoms with E-state index in [1.165, 1.54) is 0 Å². The molecule has 2 aromatic carbocycles. The number of para-hydroxylation sites is 2. The first-order valence-corrected chi connectivity index (χ1v) is 9.45. The SMILES string of the molecule is COc1ccc2[nH]cc(CC(=O)N(C)CCCc3nc4ccccc4[nH]3)c2c1. The molecular weight excluding hydrogens is 352 g/mol. The molecule has 2 heterocycles. The maximum absolute atomic E-state index is 12.6. The second-order valence-electron chi connectivity index (χ2n) is 7.02. The highest BCUT2D eigenvalue weighted by Crippen LogP contribution is 2.24. The number of hydrogen-bond acceptors (Lipinski definition) is 3. The molecule has 28 heavy (non-hydrogen) atoms. The number of aromatic amines is 2. The summed E-state index contributed by atoms with van der Waals surface area (Å²) in [4.78, 5) is 25.6. The summed E-state index contributed by atoms with van der Waals surface area (Å²) in [7, 11) is 3.50. The van der Waals surface area contributed by atoms with Crippen molar-refractivity contribution in [1.82, 2.24) is 19.9 Å². The molecule has 2 aromatic heterocycles. The lowest BCUT2D eigenvalue weighted by molar-refractivity contribution is -0.129. The fraction of sp³-hybridized carbons (Fsp3) is 0.273. The summed E-state index contributed by atoms with van der Waals surface area (Å²) < 4.78 is 5.30. The third-order valence-electron chi connectivity index (χ3n) is 5.09. The van der Waals surface area contributed by atoms with Crippen molar-refractivity contribution in [3.8, 4) is 5.75 Å². The minimum atomic E-state index is 0.105. The number of nitrogens with one attached hydrogen (secondary N) is 2. The molecule has 0 aliphatic rings. The summed E-state index contributed by atoms with van der Waals surface area (Å²) in [5.41, 5.74) is 4.03. The van der Waals surface area contributed by atoms with Crippen LogP contribution in [0.25, 0.3) is 21.9 Å². The van der Waals surface area contributed by atoms with Crippen LogP contribution >= 0.6 is 0 Å². The predicted molar refractivity (Wildman–Crippen MR) is 111 cm³/mol. The van der Waals surface area contributed by atoms with Crippen LogP contribution < -0.4 is 4.74 Å². The van der Waals surface area contributed by atoms with Gasteiger partial charge in [0, 0.05) is 37.1 Å². The first-order chi connectivity index (χ1) is 13.6. The molecule has 4 aromatic rings. The third-order valence-corrected chi connectivity index (χ3v) is 5.09. The molecule has 0 saturated heterocycles. The topological polar surface area (TPSA) is 74.0 Å². The van der Waals surface area contributed by atoms with E-state index in [9.17, 15) is 4.79 Å². The maximum Gasteiger partial charge on any atom is 0.226 e. The normalized spacial score (nSPS) is 11.2. The summed E-state index contributed by atoms with van der Waals surface area (Å²) >= 11 is 0. The van der Waals surface area contributed by atoms with Gasteiger partial charge in [-0.15, -0.1) is 0 Å². The van der Waals surface area contributed by atoms with Gasteiger partial charge in [0.15, 0.2) is 0 Å². The molecular formula is C22H24N4O2. The Morgan fingerprint density at radius 3 is 2.86 bits per heavy atom. The van der Waals surface area contributed by atoms with E-state index in [2.05, 4.69) is 15.0 Å². The number of rotatable bonds is 7. The van der Waals surface area contributed by atoms with E-state index in [1.54, 1.807) is 12.0 Å². The zero-order valence-electron chi connectivity index (χ0n) is 16.2. The number of amides is 1. The van der Waals surface area contributed by atoms with E-state index in [1.807, 2.05) is 55.7 Å². The van der Waals surface area contributed by atoms with E-state index in [0.717, 1.165) is 51.9 Å².